The second kappa shape index (κ2) is 7.18. The van der Waals surface area contributed by atoms with E-state index in [1.165, 1.54) is 12.1 Å². The van der Waals surface area contributed by atoms with E-state index in [-0.39, 0.29) is 11.7 Å². The lowest BCUT2D eigenvalue weighted by Gasteiger charge is -2.11. The Balaban J connectivity index is 1.64. The van der Waals surface area contributed by atoms with Crippen LogP contribution in [0.2, 0.25) is 0 Å². The third-order valence-electron chi connectivity index (χ3n) is 3.78. The molecule has 3 aromatic rings. The van der Waals surface area contributed by atoms with E-state index >= 15 is 0 Å². The Bertz CT molecular complexity index is 867. The molecule has 6 nitrogen and oxygen atoms in total. The number of benzene rings is 1. The van der Waals surface area contributed by atoms with Gasteiger partial charge in [-0.2, -0.15) is 10.2 Å². The average molecular weight is 406 g/mol. The fourth-order valence-corrected chi connectivity index (χ4v) is 2.59. The van der Waals surface area contributed by atoms with Crippen molar-refractivity contribution in [3.63, 3.8) is 0 Å². The predicted octanol–water partition coefficient (Wildman–Crippen LogP) is 3.54. The smallest absolute Gasteiger partial charge is 0.250 e. The molecule has 0 spiro atoms. The number of amides is 1. The number of hydrogen-bond donors (Lipinski definition) is 1. The van der Waals surface area contributed by atoms with Crippen LogP contribution in [0.25, 0.3) is 0 Å². The summed E-state index contributed by atoms with van der Waals surface area (Å²) in [6.45, 7) is 4.13. The van der Waals surface area contributed by atoms with E-state index in [0.717, 1.165) is 15.7 Å². The van der Waals surface area contributed by atoms with Gasteiger partial charge in [0.05, 0.1) is 16.7 Å². The summed E-state index contributed by atoms with van der Waals surface area (Å²) in [4.78, 5) is 12.4. The van der Waals surface area contributed by atoms with Crippen molar-refractivity contribution < 1.29 is 9.18 Å². The molecule has 8 heteroatoms. The van der Waals surface area contributed by atoms with Crippen LogP contribution in [-0.2, 0) is 11.3 Å². The predicted molar refractivity (Wildman–Crippen MR) is 95.7 cm³/mol. The van der Waals surface area contributed by atoms with Gasteiger partial charge in [-0.15, -0.1) is 0 Å². The molecular formula is C17H17BrFN5O. The minimum absolute atomic E-state index is 0.206. The lowest BCUT2D eigenvalue weighted by atomic mass is 10.2. The minimum Gasteiger partial charge on any atom is -0.307 e. The Morgan fingerprint density at radius 3 is 2.64 bits per heavy atom. The van der Waals surface area contributed by atoms with Crippen LogP contribution in [0.1, 0.15) is 24.2 Å². The van der Waals surface area contributed by atoms with Crippen LogP contribution in [0.15, 0.2) is 47.2 Å². The molecule has 1 unspecified atom stereocenters. The molecule has 1 atom stereocenters. The number of carbonyl (C=O) groups is 1. The van der Waals surface area contributed by atoms with Crippen molar-refractivity contribution in [2.24, 2.45) is 0 Å². The summed E-state index contributed by atoms with van der Waals surface area (Å²) in [7, 11) is 0. The average Bonchev–Trinajstić information content (AvgIpc) is 3.15. The van der Waals surface area contributed by atoms with Crippen LogP contribution < -0.4 is 5.32 Å². The molecule has 0 saturated heterocycles. The molecule has 1 aromatic carbocycles. The molecular weight excluding hydrogens is 389 g/mol. The quantitative estimate of drug-likeness (QED) is 0.705. The van der Waals surface area contributed by atoms with E-state index in [1.54, 1.807) is 46.9 Å². The molecule has 0 aliphatic rings. The number of nitrogens with zero attached hydrogens (tertiary/aromatic N) is 4. The highest BCUT2D eigenvalue weighted by Gasteiger charge is 2.18. The summed E-state index contributed by atoms with van der Waals surface area (Å²) in [5.74, 6) is -0.0180. The third kappa shape index (κ3) is 4.14. The van der Waals surface area contributed by atoms with Gasteiger partial charge in [-0.05, 0) is 47.5 Å². The number of aromatic nitrogens is 4. The van der Waals surface area contributed by atoms with Gasteiger partial charge in [-0.3, -0.25) is 14.2 Å². The van der Waals surface area contributed by atoms with E-state index in [0.29, 0.717) is 12.4 Å². The second-order valence-electron chi connectivity index (χ2n) is 5.73. The van der Waals surface area contributed by atoms with E-state index in [1.807, 2.05) is 6.92 Å². The molecule has 0 saturated carbocycles. The molecule has 1 N–H and O–H groups in total. The SMILES string of the molecule is Cc1nn(C(C)C(=O)Nc2ccn(Cc3ccc(F)cc3)n2)cc1Br. The zero-order valence-electron chi connectivity index (χ0n) is 13.8. The Labute approximate surface area is 152 Å². The zero-order valence-corrected chi connectivity index (χ0v) is 15.4. The summed E-state index contributed by atoms with van der Waals surface area (Å²) < 4.78 is 17.1. The van der Waals surface area contributed by atoms with E-state index < -0.39 is 6.04 Å². The molecule has 130 valence electrons. The van der Waals surface area contributed by atoms with Crippen LogP contribution in [0, 0.1) is 12.7 Å². The van der Waals surface area contributed by atoms with Gasteiger partial charge in [0.1, 0.15) is 11.9 Å². The summed E-state index contributed by atoms with van der Waals surface area (Å²) in [5, 5.41) is 11.4. The fraction of sp³-hybridized carbons (Fsp3) is 0.235. The van der Waals surface area contributed by atoms with Crippen molar-refractivity contribution in [3.05, 3.63) is 64.3 Å². The molecule has 0 radical (unpaired) electrons. The molecule has 0 bridgehead atoms. The first-order valence-corrected chi connectivity index (χ1v) is 8.51. The van der Waals surface area contributed by atoms with Crippen molar-refractivity contribution in [1.29, 1.82) is 0 Å². The molecule has 0 aliphatic carbocycles. The first-order chi connectivity index (χ1) is 11.9. The van der Waals surface area contributed by atoms with Gasteiger partial charge in [0.2, 0.25) is 5.91 Å². The minimum atomic E-state index is -0.466. The fourth-order valence-electron chi connectivity index (χ4n) is 2.30. The number of nitrogens with one attached hydrogen (secondary N) is 1. The van der Waals surface area contributed by atoms with E-state index in [2.05, 4.69) is 31.4 Å². The zero-order chi connectivity index (χ0) is 18.0. The Morgan fingerprint density at radius 1 is 1.28 bits per heavy atom. The van der Waals surface area contributed by atoms with Crippen molar-refractivity contribution >= 4 is 27.7 Å². The largest absolute Gasteiger partial charge is 0.307 e. The van der Waals surface area contributed by atoms with Gasteiger partial charge < -0.3 is 5.32 Å². The standard InChI is InChI=1S/C17H17BrFN5O/c1-11-15(18)10-24(21-11)12(2)17(25)20-16-7-8-23(22-16)9-13-3-5-14(19)6-4-13/h3-8,10,12H,9H2,1-2H3,(H,20,22,25). The number of halogens is 2. The first kappa shape index (κ1) is 17.3. The van der Waals surface area contributed by atoms with Crippen LogP contribution in [0.4, 0.5) is 10.2 Å². The van der Waals surface area contributed by atoms with Crippen molar-refractivity contribution in [3.8, 4) is 0 Å². The summed E-state index contributed by atoms with van der Waals surface area (Å²) in [6.07, 6.45) is 3.53. The van der Waals surface area contributed by atoms with Gasteiger partial charge in [0.15, 0.2) is 5.82 Å². The highest BCUT2D eigenvalue weighted by Crippen LogP contribution is 2.17. The third-order valence-corrected chi connectivity index (χ3v) is 4.56. The van der Waals surface area contributed by atoms with Crippen molar-refractivity contribution in [1.82, 2.24) is 19.6 Å². The molecule has 2 aromatic heterocycles. The lowest BCUT2D eigenvalue weighted by molar-refractivity contribution is -0.119. The first-order valence-electron chi connectivity index (χ1n) is 7.72. The number of aryl methyl sites for hydroxylation is 1. The maximum absolute atomic E-state index is 12.9. The maximum atomic E-state index is 12.9. The van der Waals surface area contributed by atoms with Crippen LogP contribution >= 0.6 is 15.9 Å². The van der Waals surface area contributed by atoms with Gasteiger partial charge in [0, 0.05) is 18.5 Å². The lowest BCUT2D eigenvalue weighted by Crippen LogP contribution is -2.24. The Hall–Kier alpha value is -2.48. The monoisotopic (exact) mass is 405 g/mol. The molecule has 2 heterocycles. The van der Waals surface area contributed by atoms with E-state index in [4.69, 9.17) is 0 Å². The van der Waals surface area contributed by atoms with Gasteiger partial charge >= 0.3 is 0 Å². The Kier molecular flexibility index (Phi) is 4.98. The van der Waals surface area contributed by atoms with Crippen LogP contribution in [0.3, 0.4) is 0 Å². The van der Waals surface area contributed by atoms with Crippen LogP contribution in [0.5, 0.6) is 0 Å². The summed E-state index contributed by atoms with van der Waals surface area (Å²) >= 11 is 3.39. The molecule has 3 rings (SSSR count). The summed E-state index contributed by atoms with van der Waals surface area (Å²) in [6, 6.07) is 7.48. The van der Waals surface area contributed by atoms with Gasteiger partial charge in [-0.25, -0.2) is 4.39 Å². The molecule has 1 amide bonds. The summed E-state index contributed by atoms with van der Waals surface area (Å²) in [5.41, 5.74) is 1.75. The topological polar surface area (TPSA) is 64.7 Å². The number of carbonyl (C=O) groups excluding carboxylic acids is 1. The molecule has 25 heavy (non-hydrogen) atoms. The van der Waals surface area contributed by atoms with E-state index in [9.17, 15) is 9.18 Å². The maximum Gasteiger partial charge on any atom is 0.250 e. The van der Waals surface area contributed by atoms with Gasteiger partial charge in [0.25, 0.3) is 0 Å². The van der Waals surface area contributed by atoms with Crippen molar-refractivity contribution in [2.75, 3.05) is 5.32 Å². The molecule has 0 fully saturated rings. The van der Waals surface area contributed by atoms with Gasteiger partial charge in [-0.1, -0.05) is 12.1 Å². The normalized spacial score (nSPS) is 12.2. The van der Waals surface area contributed by atoms with Crippen molar-refractivity contribution in [2.45, 2.75) is 26.4 Å². The molecule has 0 aliphatic heterocycles. The second-order valence-corrected chi connectivity index (χ2v) is 6.59. The van der Waals surface area contributed by atoms with Crippen LogP contribution in [-0.4, -0.2) is 25.5 Å². The number of rotatable bonds is 5. The number of hydrogen-bond acceptors (Lipinski definition) is 3. The highest BCUT2D eigenvalue weighted by atomic mass is 79.9. The highest BCUT2D eigenvalue weighted by molar-refractivity contribution is 9.10. The number of anilines is 1. The Morgan fingerprint density at radius 2 is 2.00 bits per heavy atom.